The molecule has 0 saturated carbocycles. The highest BCUT2D eigenvalue weighted by Gasteiger charge is 2.06. The number of rotatable bonds is 4. The van der Waals surface area contributed by atoms with Crippen molar-refractivity contribution in [2.45, 2.75) is 6.92 Å². The van der Waals surface area contributed by atoms with Crippen molar-refractivity contribution in [1.29, 1.82) is 0 Å². The molecule has 0 bridgehead atoms. The Morgan fingerprint density at radius 2 is 1.68 bits per heavy atom. The van der Waals surface area contributed by atoms with Crippen molar-refractivity contribution in [3.63, 3.8) is 0 Å². The fraction of sp³-hybridized carbons (Fsp3) is 0.105. The molecule has 1 heterocycles. The predicted molar refractivity (Wildman–Crippen MR) is 97.8 cm³/mol. The normalized spacial score (nSPS) is 10.2. The van der Waals surface area contributed by atoms with Gasteiger partial charge in [-0.15, -0.1) is 10.2 Å². The molecular formula is C19H18N4O2. The molecule has 0 aliphatic carbocycles. The van der Waals surface area contributed by atoms with Gasteiger partial charge in [0.15, 0.2) is 0 Å². The number of nitrogens with zero attached hydrogens (tertiary/aromatic N) is 2. The highest BCUT2D eigenvalue weighted by atomic mass is 16.5. The monoisotopic (exact) mass is 334 g/mol. The highest BCUT2D eigenvalue weighted by Crippen LogP contribution is 2.20. The van der Waals surface area contributed by atoms with Gasteiger partial charge < -0.3 is 15.4 Å². The zero-order valence-electron chi connectivity index (χ0n) is 14.0. The molecule has 6 nitrogen and oxygen atoms in total. The van der Waals surface area contributed by atoms with Crippen molar-refractivity contribution in [1.82, 2.24) is 10.2 Å². The summed E-state index contributed by atoms with van der Waals surface area (Å²) >= 11 is 0. The van der Waals surface area contributed by atoms with Gasteiger partial charge in [-0.2, -0.15) is 0 Å². The van der Waals surface area contributed by atoms with Gasteiger partial charge in [0.2, 0.25) is 5.88 Å². The molecule has 0 spiro atoms. The van der Waals surface area contributed by atoms with Crippen LogP contribution < -0.4 is 15.4 Å². The van der Waals surface area contributed by atoms with E-state index in [1.165, 1.54) is 0 Å². The molecule has 0 aliphatic heterocycles. The van der Waals surface area contributed by atoms with Crippen molar-refractivity contribution in [2.24, 2.45) is 0 Å². The minimum absolute atomic E-state index is 0.286. The maximum Gasteiger partial charge on any atom is 0.323 e. The summed E-state index contributed by atoms with van der Waals surface area (Å²) in [7, 11) is 1.55. The summed E-state index contributed by atoms with van der Waals surface area (Å²) in [5.41, 5.74) is 4.12. The van der Waals surface area contributed by atoms with Gasteiger partial charge in [0.05, 0.1) is 12.8 Å². The summed E-state index contributed by atoms with van der Waals surface area (Å²) in [6.45, 7) is 1.94. The molecule has 2 amide bonds. The lowest BCUT2D eigenvalue weighted by atomic mass is 10.1. The standard InChI is InChI=1S/C19H18N4O2/c1-13-5-3-4-6-16(13)21-19(24)20-15-9-7-14(8-10-15)17-11-12-18(25-2)23-22-17/h3-12H,1-2H3,(H2,20,21,24). The van der Waals surface area contributed by atoms with E-state index in [1.807, 2.05) is 61.5 Å². The van der Waals surface area contributed by atoms with Crippen molar-refractivity contribution in [3.05, 3.63) is 66.2 Å². The van der Waals surface area contributed by atoms with Crippen LogP contribution in [0.3, 0.4) is 0 Å². The molecule has 0 fully saturated rings. The lowest BCUT2D eigenvalue weighted by Gasteiger charge is -2.10. The third-order valence-corrected chi connectivity index (χ3v) is 3.68. The Hall–Kier alpha value is -3.41. The number of aromatic nitrogens is 2. The Morgan fingerprint density at radius 3 is 2.32 bits per heavy atom. The number of anilines is 2. The first-order chi connectivity index (χ1) is 12.2. The van der Waals surface area contributed by atoms with E-state index in [0.29, 0.717) is 11.6 Å². The molecule has 0 aliphatic rings. The number of carbonyl (C=O) groups is 1. The average molecular weight is 334 g/mol. The van der Waals surface area contributed by atoms with Crippen molar-refractivity contribution < 1.29 is 9.53 Å². The van der Waals surface area contributed by atoms with E-state index in [0.717, 1.165) is 22.5 Å². The van der Waals surface area contributed by atoms with Crippen LogP contribution in [0.15, 0.2) is 60.7 Å². The third-order valence-electron chi connectivity index (χ3n) is 3.68. The summed E-state index contributed by atoms with van der Waals surface area (Å²) in [4.78, 5) is 12.1. The van der Waals surface area contributed by atoms with Gasteiger partial charge in [-0.3, -0.25) is 0 Å². The van der Waals surface area contributed by atoms with E-state index < -0.39 is 0 Å². The smallest absolute Gasteiger partial charge is 0.323 e. The lowest BCUT2D eigenvalue weighted by molar-refractivity contribution is 0.262. The summed E-state index contributed by atoms with van der Waals surface area (Å²) in [6, 6.07) is 18.3. The molecule has 1 aromatic heterocycles. The first-order valence-corrected chi connectivity index (χ1v) is 7.77. The van der Waals surface area contributed by atoms with Crippen molar-refractivity contribution >= 4 is 17.4 Å². The molecule has 3 aromatic rings. The van der Waals surface area contributed by atoms with E-state index in [1.54, 1.807) is 13.2 Å². The number of nitrogens with one attached hydrogen (secondary N) is 2. The van der Waals surface area contributed by atoms with Gasteiger partial charge in [-0.05, 0) is 36.8 Å². The lowest BCUT2D eigenvalue weighted by Crippen LogP contribution is -2.19. The second-order valence-electron chi connectivity index (χ2n) is 5.43. The SMILES string of the molecule is COc1ccc(-c2ccc(NC(=O)Nc3ccccc3C)cc2)nn1. The summed E-state index contributed by atoms with van der Waals surface area (Å²) in [5.74, 6) is 0.468. The second-order valence-corrected chi connectivity index (χ2v) is 5.43. The quantitative estimate of drug-likeness (QED) is 0.753. The third kappa shape index (κ3) is 4.11. The van der Waals surface area contributed by atoms with Crippen LogP contribution in [0.2, 0.25) is 0 Å². The first-order valence-electron chi connectivity index (χ1n) is 7.77. The number of hydrogen-bond acceptors (Lipinski definition) is 4. The van der Waals surface area contributed by atoms with Crippen LogP contribution in [0.5, 0.6) is 5.88 Å². The Bertz CT molecular complexity index is 861. The number of aryl methyl sites for hydroxylation is 1. The number of ether oxygens (including phenoxy) is 1. The van der Waals surface area contributed by atoms with E-state index in [-0.39, 0.29) is 6.03 Å². The number of methoxy groups -OCH3 is 1. The summed E-state index contributed by atoms with van der Waals surface area (Å²) in [5, 5.41) is 13.7. The maximum absolute atomic E-state index is 12.1. The zero-order valence-corrected chi connectivity index (χ0v) is 14.0. The number of hydrogen-bond donors (Lipinski definition) is 2. The minimum Gasteiger partial charge on any atom is -0.480 e. The van der Waals surface area contributed by atoms with Gasteiger partial charge in [0, 0.05) is 23.0 Å². The van der Waals surface area contributed by atoms with Crippen LogP contribution in [-0.4, -0.2) is 23.3 Å². The Morgan fingerprint density at radius 1 is 0.920 bits per heavy atom. The number of amides is 2. The number of carbonyl (C=O) groups excluding carboxylic acids is 1. The van der Waals surface area contributed by atoms with E-state index in [9.17, 15) is 4.79 Å². The molecule has 0 unspecified atom stereocenters. The molecule has 2 aromatic carbocycles. The topological polar surface area (TPSA) is 76.1 Å². The van der Waals surface area contributed by atoms with Crippen molar-refractivity contribution in [2.75, 3.05) is 17.7 Å². The molecule has 2 N–H and O–H groups in total. The molecule has 126 valence electrons. The van der Waals surface area contributed by atoms with Crippen LogP contribution in [0.4, 0.5) is 16.2 Å². The fourth-order valence-corrected chi connectivity index (χ4v) is 2.30. The van der Waals surface area contributed by atoms with Gasteiger partial charge in [-0.25, -0.2) is 4.79 Å². The molecular weight excluding hydrogens is 316 g/mol. The van der Waals surface area contributed by atoms with Crippen molar-refractivity contribution in [3.8, 4) is 17.1 Å². The van der Waals surface area contributed by atoms with Crippen LogP contribution in [0.1, 0.15) is 5.56 Å². The minimum atomic E-state index is -0.286. The van der Waals surface area contributed by atoms with E-state index in [2.05, 4.69) is 20.8 Å². The summed E-state index contributed by atoms with van der Waals surface area (Å²) < 4.78 is 5.00. The number of urea groups is 1. The molecule has 0 radical (unpaired) electrons. The van der Waals surface area contributed by atoms with Gasteiger partial charge >= 0.3 is 6.03 Å². The molecule has 0 saturated heterocycles. The van der Waals surface area contributed by atoms with Gasteiger partial charge in [-0.1, -0.05) is 30.3 Å². The predicted octanol–water partition coefficient (Wildman–Crippen LogP) is 4.10. The maximum atomic E-state index is 12.1. The summed E-state index contributed by atoms with van der Waals surface area (Å²) in [6.07, 6.45) is 0. The van der Waals surface area contributed by atoms with Gasteiger partial charge in [0.25, 0.3) is 0 Å². The molecule has 6 heteroatoms. The van der Waals surface area contributed by atoms with E-state index >= 15 is 0 Å². The molecule has 3 rings (SSSR count). The Kier molecular flexibility index (Phi) is 4.89. The largest absolute Gasteiger partial charge is 0.480 e. The van der Waals surface area contributed by atoms with Crippen LogP contribution in [-0.2, 0) is 0 Å². The Balaban J connectivity index is 1.65. The Labute approximate surface area is 145 Å². The highest BCUT2D eigenvalue weighted by molar-refractivity contribution is 6.00. The average Bonchev–Trinajstić information content (AvgIpc) is 2.64. The molecule has 0 atom stereocenters. The van der Waals surface area contributed by atoms with Gasteiger partial charge in [0.1, 0.15) is 0 Å². The number of para-hydroxylation sites is 1. The zero-order chi connectivity index (χ0) is 17.6. The number of benzene rings is 2. The van der Waals surface area contributed by atoms with Crippen LogP contribution in [0, 0.1) is 6.92 Å². The van der Waals surface area contributed by atoms with Crippen LogP contribution >= 0.6 is 0 Å². The van der Waals surface area contributed by atoms with E-state index in [4.69, 9.17) is 4.74 Å². The fourth-order valence-electron chi connectivity index (χ4n) is 2.30. The molecule has 25 heavy (non-hydrogen) atoms. The van der Waals surface area contributed by atoms with Crippen LogP contribution in [0.25, 0.3) is 11.3 Å². The first kappa shape index (κ1) is 16.4. The second kappa shape index (κ2) is 7.44.